The molecule has 0 spiro atoms. The average molecular weight is 241 g/mol. The fourth-order valence-corrected chi connectivity index (χ4v) is 2.83. The molecule has 0 aromatic rings. The van der Waals surface area contributed by atoms with E-state index in [1.54, 1.807) is 0 Å². The van der Waals surface area contributed by atoms with Crippen LogP contribution in [0.15, 0.2) is 0 Å². The molecule has 0 aromatic heterocycles. The lowest BCUT2D eigenvalue weighted by Crippen LogP contribution is -2.55. The number of nitrogens with zero attached hydrogens (tertiary/aromatic N) is 1. The Morgan fingerprint density at radius 2 is 1.88 bits per heavy atom. The molecule has 1 N–H and O–H groups in total. The number of carbonyl (C=O) groups is 2. The molecule has 1 saturated heterocycles. The van der Waals surface area contributed by atoms with Crippen molar-refractivity contribution < 1.29 is 14.7 Å². The highest BCUT2D eigenvalue weighted by molar-refractivity contribution is 5.81. The Bertz CT molecular complexity index is 289. The van der Waals surface area contributed by atoms with E-state index in [-0.39, 0.29) is 11.4 Å². The lowest BCUT2D eigenvalue weighted by Gasteiger charge is -2.46. The monoisotopic (exact) mass is 241 g/mol. The van der Waals surface area contributed by atoms with Crippen LogP contribution in [0.5, 0.6) is 0 Å². The summed E-state index contributed by atoms with van der Waals surface area (Å²) in [6, 6.07) is 0. The molecule has 1 rings (SSSR count). The van der Waals surface area contributed by atoms with E-state index in [1.807, 2.05) is 4.90 Å². The SMILES string of the molecule is CCC(CC)(CC)N1CC(C(=O)O)CCC1=O. The maximum absolute atomic E-state index is 12.0. The zero-order chi connectivity index (χ0) is 13.1. The maximum atomic E-state index is 12.0. The lowest BCUT2D eigenvalue weighted by atomic mass is 9.84. The van der Waals surface area contributed by atoms with Crippen molar-refractivity contribution in [1.82, 2.24) is 4.90 Å². The Hall–Kier alpha value is -1.06. The quantitative estimate of drug-likeness (QED) is 0.803. The minimum absolute atomic E-state index is 0.119. The topological polar surface area (TPSA) is 57.6 Å². The third-order valence-corrected chi connectivity index (χ3v) is 4.31. The van der Waals surface area contributed by atoms with E-state index in [4.69, 9.17) is 5.11 Å². The van der Waals surface area contributed by atoms with Crippen LogP contribution in [0, 0.1) is 5.92 Å². The van der Waals surface area contributed by atoms with E-state index in [0.29, 0.717) is 19.4 Å². The molecule has 0 aromatic carbocycles. The van der Waals surface area contributed by atoms with Gasteiger partial charge in [-0.25, -0.2) is 0 Å². The molecule has 1 fully saturated rings. The van der Waals surface area contributed by atoms with E-state index in [0.717, 1.165) is 19.3 Å². The highest BCUT2D eigenvalue weighted by atomic mass is 16.4. The summed E-state index contributed by atoms with van der Waals surface area (Å²) in [5.41, 5.74) is -0.148. The summed E-state index contributed by atoms with van der Waals surface area (Å²) >= 11 is 0. The summed E-state index contributed by atoms with van der Waals surface area (Å²) in [6.45, 7) is 6.60. The maximum Gasteiger partial charge on any atom is 0.308 e. The van der Waals surface area contributed by atoms with Crippen molar-refractivity contribution in [2.75, 3.05) is 6.54 Å². The summed E-state index contributed by atoms with van der Waals surface area (Å²) in [5.74, 6) is -1.05. The summed E-state index contributed by atoms with van der Waals surface area (Å²) in [4.78, 5) is 24.9. The summed E-state index contributed by atoms with van der Waals surface area (Å²) in [5, 5.41) is 9.09. The molecule has 1 atom stereocenters. The van der Waals surface area contributed by atoms with Crippen LogP contribution in [0.4, 0.5) is 0 Å². The Labute approximate surface area is 103 Å². The predicted octanol–water partition coefficient (Wildman–Crippen LogP) is 2.28. The molecule has 1 amide bonds. The van der Waals surface area contributed by atoms with Crippen molar-refractivity contribution in [2.45, 2.75) is 58.4 Å². The first-order valence-corrected chi connectivity index (χ1v) is 6.54. The van der Waals surface area contributed by atoms with Crippen LogP contribution in [0.25, 0.3) is 0 Å². The molecule has 1 heterocycles. The van der Waals surface area contributed by atoms with Crippen LogP contribution in [0.3, 0.4) is 0 Å². The van der Waals surface area contributed by atoms with Gasteiger partial charge in [0, 0.05) is 18.5 Å². The number of carbonyl (C=O) groups excluding carboxylic acids is 1. The van der Waals surface area contributed by atoms with Gasteiger partial charge >= 0.3 is 5.97 Å². The first-order chi connectivity index (χ1) is 8.00. The van der Waals surface area contributed by atoms with E-state index in [1.165, 1.54) is 0 Å². The summed E-state index contributed by atoms with van der Waals surface area (Å²) in [7, 11) is 0. The number of piperidine rings is 1. The smallest absolute Gasteiger partial charge is 0.308 e. The van der Waals surface area contributed by atoms with Crippen LogP contribution >= 0.6 is 0 Å². The molecule has 98 valence electrons. The number of carboxylic acid groups (broad SMARTS) is 1. The number of aliphatic carboxylic acids is 1. The molecule has 1 unspecified atom stereocenters. The Morgan fingerprint density at radius 1 is 1.35 bits per heavy atom. The molecule has 0 radical (unpaired) electrons. The third kappa shape index (κ3) is 2.61. The van der Waals surface area contributed by atoms with Crippen molar-refractivity contribution in [2.24, 2.45) is 5.92 Å². The number of likely N-dealkylation sites (tertiary alicyclic amines) is 1. The number of hydrogen-bond acceptors (Lipinski definition) is 2. The molecule has 1 aliphatic rings. The molecule has 0 saturated carbocycles. The number of hydrogen-bond donors (Lipinski definition) is 1. The highest BCUT2D eigenvalue weighted by Crippen LogP contribution is 2.32. The number of carboxylic acids is 1. The molecule has 4 heteroatoms. The Morgan fingerprint density at radius 3 is 2.29 bits per heavy atom. The van der Waals surface area contributed by atoms with Crippen LogP contribution in [0.2, 0.25) is 0 Å². The second kappa shape index (κ2) is 5.52. The summed E-state index contributed by atoms with van der Waals surface area (Å²) in [6.07, 6.45) is 3.52. The van der Waals surface area contributed by atoms with Gasteiger partial charge in [0.25, 0.3) is 0 Å². The van der Waals surface area contributed by atoms with Gasteiger partial charge in [-0.1, -0.05) is 20.8 Å². The molecular weight excluding hydrogens is 218 g/mol. The Balaban J connectivity index is 2.92. The van der Waals surface area contributed by atoms with E-state index >= 15 is 0 Å². The molecule has 17 heavy (non-hydrogen) atoms. The van der Waals surface area contributed by atoms with E-state index < -0.39 is 11.9 Å². The first-order valence-electron chi connectivity index (χ1n) is 6.54. The van der Waals surface area contributed by atoms with Gasteiger partial charge in [-0.2, -0.15) is 0 Å². The first kappa shape index (κ1) is 14.0. The van der Waals surface area contributed by atoms with Crippen LogP contribution in [0.1, 0.15) is 52.9 Å². The van der Waals surface area contributed by atoms with Gasteiger partial charge in [0.2, 0.25) is 5.91 Å². The minimum atomic E-state index is -0.778. The van der Waals surface area contributed by atoms with Crippen LogP contribution < -0.4 is 0 Å². The fourth-order valence-electron chi connectivity index (χ4n) is 2.83. The Kier molecular flexibility index (Phi) is 4.54. The van der Waals surface area contributed by atoms with Crippen molar-refractivity contribution in [3.63, 3.8) is 0 Å². The predicted molar refractivity (Wildman–Crippen MR) is 65.7 cm³/mol. The van der Waals surface area contributed by atoms with Gasteiger partial charge in [0.05, 0.1) is 5.92 Å². The second-order valence-corrected chi connectivity index (χ2v) is 4.86. The molecule has 0 bridgehead atoms. The number of rotatable bonds is 5. The zero-order valence-corrected chi connectivity index (χ0v) is 11.0. The van der Waals surface area contributed by atoms with Crippen LogP contribution in [-0.4, -0.2) is 34.0 Å². The average Bonchev–Trinajstić information content (AvgIpc) is 2.33. The second-order valence-electron chi connectivity index (χ2n) is 4.86. The zero-order valence-electron chi connectivity index (χ0n) is 11.0. The van der Waals surface area contributed by atoms with Gasteiger partial charge in [-0.3, -0.25) is 9.59 Å². The van der Waals surface area contributed by atoms with Gasteiger partial charge < -0.3 is 10.0 Å². The molecule has 1 aliphatic heterocycles. The lowest BCUT2D eigenvalue weighted by molar-refractivity contribution is -0.152. The molecular formula is C13H23NO3. The third-order valence-electron chi connectivity index (χ3n) is 4.31. The molecule has 0 aliphatic carbocycles. The highest BCUT2D eigenvalue weighted by Gasteiger charge is 2.40. The van der Waals surface area contributed by atoms with Crippen molar-refractivity contribution in [3.05, 3.63) is 0 Å². The van der Waals surface area contributed by atoms with Crippen LogP contribution in [-0.2, 0) is 9.59 Å². The van der Waals surface area contributed by atoms with E-state index in [2.05, 4.69) is 20.8 Å². The normalized spacial score (nSPS) is 21.7. The van der Waals surface area contributed by atoms with Gasteiger partial charge in [0.15, 0.2) is 0 Å². The van der Waals surface area contributed by atoms with Gasteiger partial charge in [-0.15, -0.1) is 0 Å². The van der Waals surface area contributed by atoms with Gasteiger partial charge in [0.1, 0.15) is 0 Å². The van der Waals surface area contributed by atoms with Gasteiger partial charge in [-0.05, 0) is 25.7 Å². The van der Waals surface area contributed by atoms with Crippen molar-refractivity contribution in [3.8, 4) is 0 Å². The standard InChI is InChI=1S/C13H23NO3/c1-4-13(5-2,6-3)14-9-10(12(16)17)7-8-11(14)15/h10H,4-9H2,1-3H3,(H,16,17). The fraction of sp³-hybridized carbons (Fsp3) is 0.846. The molecule has 4 nitrogen and oxygen atoms in total. The van der Waals surface area contributed by atoms with Crippen molar-refractivity contribution in [1.29, 1.82) is 0 Å². The van der Waals surface area contributed by atoms with E-state index in [9.17, 15) is 9.59 Å². The summed E-state index contributed by atoms with van der Waals surface area (Å²) < 4.78 is 0. The minimum Gasteiger partial charge on any atom is -0.481 e. The largest absolute Gasteiger partial charge is 0.481 e. The van der Waals surface area contributed by atoms with Crippen molar-refractivity contribution >= 4 is 11.9 Å². The number of amides is 1.